The van der Waals surface area contributed by atoms with Crippen LogP contribution < -0.4 is 0 Å². The van der Waals surface area contributed by atoms with Crippen molar-refractivity contribution in [3.63, 3.8) is 0 Å². The van der Waals surface area contributed by atoms with E-state index in [4.69, 9.17) is 0 Å². The first kappa shape index (κ1) is 10.4. The molecule has 0 spiro atoms. The van der Waals surface area contributed by atoms with Gasteiger partial charge in [0.25, 0.3) is 5.91 Å². The second-order valence-electron chi connectivity index (χ2n) is 2.91. The number of amides is 1. The minimum absolute atomic E-state index is 0.0857. The molecular weight excluding hydrogens is 180 g/mol. The first-order valence-electron chi connectivity index (χ1n) is 4.35. The lowest BCUT2D eigenvalue weighted by molar-refractivity contribution is 0.0801. The third-order valence-corrected chi connectivity index (χ3v) is 1.98. The molecule has 1 amide bonds. The Labute approximate surface area is 82.6 Å². The minimum atomic E-state index is -0.0857. The van der Waals surface area contributed by atoms with Crippen LogP contribution in [-0.4, -0.2) is 35.7 Å². The van der Waals surface area contributed by atoms with E-state index in [0.29, 0.717) is 24.1 Å². The van der Waals surface area contributed by atoms with Gasteiger partial charge in [0.15, 0.2) is 6.29 Å². The summed E-state index contributed by atoms with van der Waals surface area (Å²) in [5.74, 6) is -0.0857. The molecule has 0 radical (unpaired) electrons. The molecule has 0 N–H and O–H groups in total. The summed E-state index contributed by atoms with van der Waals surface area (Å²) in [6.45, 7) is 2.54. The molecule has 0 aromatic carbocycles. The number of aldehydes is 1. The van der Waals surface area contributed by atoms with Crippen molar-refractivity contribution < 1.29 is 9.59 Å². The Morgan fingerprint density at radius 2 is 2.29 bits per heavy atom. The maximum absolute atomic E-state index is 11.6. The van der Waals surface area contributed by atoms with Gasteiger partial charge in [-0.15, -0.1) is 0 Å². The lowest BCUT2D eigenvalue weighted by atomic mass is 10.2. The molecule has 4 heteroatoms. The van der Waals surface area contributed by atoms with Gasteiger partial charge < -0.3 is 4.90 Å². The van der Waals surface area contributed by atoms with Gasteiger partial charge in [-0.25, -0.2) is 0 Å². The number of aromatic nitrogens is 1. The number of rotatable bonds is 3. The van der Waals surface area contributed by atoms with E-state index in [9.17, 15) is 9.59 Å². The van der Waals surface area contributed by atoms with E-state index in [2.05, 4.69) is 4.98 Å². The van der Waals surface area contributed by atoms with Crippen molar-refractivity contribution >= 4 is 12.2 Å². The van der Waals surface area contributed by atoms with Gasteiger partial charge >= 0.3 is 0 Å². The summed E-state index contributed by atoms with van der Waals surface area (Å²) in [6.07, 6.45) is 2.07. The van der Waals surface area contributed by atoms with Gasteiger partial charge in [0.1, 0.15) is 5.69 Å². The summed E-state index contributed by atoms with van der Waals surface area (Å²) >= 11 is 0. The fourth-order valence-corrected chi connectivity index (χ4v) is 0.966. The second-order valence-corrected chi connectivity index (χ2v) is 2.91. The predicted molar refractivity (Wildman–Crippen MR) is 52.3 cm³/mol. The molecule has 0 aliphatic heterocycles. The highest BCUT2D eigenvalue weighted by Gasteiger charge is 2.09. The molecule has 74 valence electrons. The van der Waals surface area contributed by atoms with Gasteiger partial charge in [-0.1, -0.05) is 0 Å². The van der Waals surface area contributed by atoms with Crippen LogP contribution in [0.3, 0.4) is 0 Å². The highest BCUT2D eigenvalue weighted by molar-refractivity contribution is 5.94. The van der Waals surface area contributed by atoms with Crippen LogP contribution in [0.5, 0.6) is 0 Å². The van der Waals surface area contributed by atoms with Gasteiger partial charge in [0, 0.05) is 19.8 Å². The van der Waals surface area contributed by atoms with Crippen molar-refractivity contribution in [2.24, 2.45) is 0 Å². The van der Waals surface area contributed by atoms with Gasteiger partial charge in [-0.3, -0.25) is 14.6 Å². The zero-order valence-electron chi connectivity index (χ0n) is 8.23. The molecule has 0 saturated carbocycles. The Morgan fingerprint density at radius 1 is 1.57 bits per heavy atom. The molecule has 0 unspecified atom stereocenters. The average molecular weight is 192 g/mol. The third kappa shape index (κ3) is 2.16. The van der Waals surface area contributed by atoms with Crippen molar-refractivity contribution in [2.75, 3.05) is 13.6 Å². The summed E-state index contributed by atoms with van der Waals surface area (Å²) in [6, 6.07) is 3.13. The fraction of sp³-hybridized carbons (Fsp3) is 0.300. The summed E-state index contributed by atoms with van der Waals surface area (Å²) in [5, 5.41) is 0. The molecule has 0 aliphatic carbocycles. The predicted octanol–water partition coefficient (Wildman–Crippen LogP) is 0.986. The van der Waals surface area contributed by atoms with Crippen LogP contribution in [-0.2, 0) is 0 Å². The molecule has 4 nitrogen and oxygen atoms in total. The zero-order valence-corrected chi connectivity index (χ0v) is 8.23. The number of hydrogen-bond donors (Lipinski definition) is 0. The van der Waals surface area contributed by atoms with Crippen molar-refractivity contribution in [3.05, 3.63) is 29.6 Å². The Morgan fingerprint density at radius 3 is 2.71 bits per heavy atom. The maximum Gasteiger partial charge on any atom is 0.255 e. The molecule has 0 atom stereocenters. The summed E-state index contributed by atoms with van der Waals surface area (Å²) < 4.78 is 0. The Balaban J connectivity index is 2.86. The highest BCUT2D eigenvalue weighted by atomic mass is 16.2. The summed E-state index contributed by atoms with van der Waals surface area (Å²) in [7, 11) is 1.72. The molecule has 1 aromatic heterocycles. The van der Waals surface area contributed by atoms with E-state index in [1.54, 1.807) is 18.0 Å². The Hall–Kier alpha value is -1.71. The average Bonchev–Trinajstić information content (AvgIpc) is 2.27. The smallest absolute Gasteiger partial charge is 0.255 e. The number of carbonyl (C=O) groups is 2. The van der Waals surface area contributed by atoms with Gasteiger partial charge in [0.05, 0.1) is 5.56 Å². The summed E-state index contributed by atoms with van der Waals surface area (Å²) in [5.41, 5.74) is 0.834. The van der Waals surface area contributed by atoms with E-state index >= 15 is 0 Å². The van der Waals surface area contributed by atoms with Gasteiger partial charge in [-0.2, -0.15) is 0 Å². The molecule has 0 fully saturated rings. The SMILES string of the molecule is CCN(C)C(=O)c1ccc(C=O)nc1. The van der Waals surface area contributed by atoms with Crippen molar-refractivity contribution in [2.45, 2.75) is 6.92 Å². The molecule has 14 heavy (non-hydrogen) atoms. The standard InChI is InChI=1S/C10H12N2O2/c1-3-12(2)10(14)8-4-5-9(7-13)11-6-8/h4-7H,3H2,1-2H3. The molecule has 1 heterocycles. The van der Waals surface area contributed by atoms with Crippen LogP contribution in [0.25, 0.3) is 0 Å². The lowest BCUT2D eigenvalue weighted by Crippen LogP contribution is -2.26. The molecule has 0 saturated heterocycles. The maximum atomic E-state index is 11.6. The van der Waals surface area contributed by atoms with E-state index in [0.717, 1.165) is 0 Å². The molecule has 0 aliphatic rings. The monoisotopic (exact) mass is 192 g/mol. The largest absolute Gasteiger partial charge is 0.342 e. The Kier molecular flexibility index (Phi) is 3.34. The second kappa shape index (κ2) is 4.50. The van der Waals surface area contributed by atoms with Gasteiger partial charge in [-0.05, 0) is 19.1 Å². The topological polar surface area (TPSA) is 50.3 Å². The quantitative estimate of drug-likeness (QED) is 0.671. The number of nitrogens with zero attached hydrogens (tertiary/aromatic N) is 2. The molecular formula is C10H12N2O2. The van der Waals surface area contributed by atoms with E-state index < -0.39 is 0 Å². The van der Waals surface area contributed by atoms with Crippen molar-refractivity contribution in [1.29, 1.82) is 0 Å². The fourth-order valence-electron chi connectivity index (χ4n) is 0.966. The van der Waals surface area contributed by atoms with Crippen LogP contribution in [0.1, 0.15) is 27.8 Å². The lowest BCUT2D eigenvalue weighted by Gasteiger charge is -2.13. The normalized spacial score (nSPS) is 9.57. The van der Waals surface area contributed by atoms with Crippen molar-refractivity contribution in [3.8, 4) is 0 Å². The molecule has 0 bridgehead atoms. The first-order valence-corrected chi connectivity index (χ1v) is 4.35. The highest BCUT2D eigenvalue weighted by Crippen LogP contribution is 2.02. The first-order chi connectivity index (χ1) is 6.69. The minimum Gasteiger partial charge on any atom is -0.342 e. The van der Waals surface area contributed by atoms with Crippen LogP contribution in [0, 0.1) is 0 Å². The summed E-state index contributed by atoms with van der Waals surface area (Å²) in [4.78, 5) is 27.3. The Bertz CT molecular complexity index is 332. The number of pyridine rings is 1. The zero-order chi connectivity index (χ0) is 10.6. The number of hydrogen-bond acceptors (Lipinski definition) is 3. The van der Waals surface area contributed by atoms with E-state index in [1.165, 1.54) is 12.3 Å². The third-order valence-electron chi connectivity index (χ3n) is 1.98. The molecule has 1 rings (SSSR count). The van der Waals surface area contributed by atoms with Crippen LogP contribution >= 0.6 is 0 Å². The number of carbonyl (C=O) groups excluding carboxylic acids is 2. The van der Waals surface area contributed by atoms with E-state index in [1.807, 2.05) is 6.92 Å². The van der Waals surface area contributed by atoms with Gasteiger partial charge in [0.2, 0.25) is 0 Å². The van der Waals surface area contributed by atoms with Crippen molar-refractivity contribution in [1.82, 2.24) is 9.88 Å². The van der Waals surface area contributed by atoms with Crippen LogP contribution in [0.2, 0.25) is 0 Å². The van der Waals surface area contributed by atoms with Crippen LogP contribution in [0.15, 0.2) is 18.3 Å². The van der Waals surface area contributed by atoms with Crippen LogP contribution in [0.4, 0.5) is 0 Å². The van der Waals surface area contributed by atoms with E-state index in [-0.39, 0.29) is 5.91 Å². The molecule has 1 aromatic rings.